The molecule has 198 valence electrons. The molecule has 0 saturated heterocycles. The fraction of sp³-hybridized carbons (Fsp3) is 0.773. The Labute approximate surface area is 215 Å². The lowest BCUT2D eigenvalue weighted by atomic mass is 10.2. The standard InChI is InChI=1S/C22H41N5O5SSi2/c1-20(28)8-6-7-15-34(2,3)32-35(4,5)19-33-22-24-16-21(17-25-22)18-31-14-13-30-12-11-29-10-9-26-27-23/h16-17H,6-15,18-19H2,1-5H3. The molecule has 0 amide bonds. The molecule has 1 aromatic rings. The van der Waals surface area contributed by atoms with Gasteiger partial charge in [-0.2, -0.15) is 0 Å². The molecule has 35 heavy (non-hydrogen) atoms. The van der Waals surface area contributed by atoms with Crippen molar-refractivity contribution in [3.05, 3.63) is 28.4 Å². The average Bonchev–Trinajstić information content (AvgIpc) is 2.79. The molecule has 0 aromatic carbocycles. The van der Waals surface area contributed by atoms with Gasteiger partial charge in [0.15, 0.2) is 21.8 Å². The number of ketones is 1. The third-order valence-electron chi connectivity index (χ3n) is 4.75. The Kier molecular flexibility index (Phi) is 16.3. The van der Waals surface area contributed by atoms with E-state index in [1.165, 1.54) is 0 Å². The highest BCUT2D eigenvalue weighted by molar-refractivity contribution is 8.00. The van der Waals surface area contributed by atoms with Crippen LogP contribution >= 0.6 is 11.8 Å². The summed E-state index contributed by atoms with van der Waals surface area (Å²) in [6.45, 7) is 13.8. The molecule has 1 aromatic heterocycles. The molecule has 0 aliphatic heterocycles. The molecule has 0 aliphatic carbocycles. The van der Waals surface area contributed by atoms with E-state index >= 15 is 0 Å². The molecule has 0 spiro atoms. The number of ether oxygens (including phenoxy) is 3. The normalized spacial score (nSPS) is 11.9. The first-order valence-corrected chi connectivity index (χ1v) is 19.2. The number of rotatable bonds is 21. The van der Waals surface area contributed by atoms with Gasteiger partial charge in [-0.05, 0) is 51.1 Å². The maximum Gasteiger partial charge on any atom is 0.187 e. The predicted molar refractivity (Wildman–Crippen MR) is 143 cm³/mol. The largest absolute Gasteiger partial charge is 0.455 e. The number of hydrogen-bond acceptors (Lipinski definition) is 9. The summed E-state index contributed by atoms with van der Waals surface area (Å²) in [5.41, 5.74) is 9.08. The van der Waals surface area contributed by atoms with Gasteiger partial charge in [0.1, 0.15) is 5.78 Å². The minimum absolute atomic E-state index is 0.265. The maximum atomic E-state index is 11.1. The number of unbranched alkanes of at least 4 members (excludes halogenated alkanes) is 1. The van der Waals surface area contributed by atoms with Gasteiger partial charge in [-0.1, -0.05) is 23.3 Å². The Morgan fingerprint density at radius 3 is 2.26 bits per heavy atom. The Morgan fingerprint density at radius 2 is 1.63 bits per heavy atom. The van der Waals surface area contributed by atoms with Crippen LogP contribution in [0.5, 0.6) is 0 Å². The van der Waals surface area contributed by atoms with Crippen molar-refractivity contribution in [2.45, 2.75) is 70.2 Å². The van der Waals surface area contributed by atoms with Gasteiger partial charge in [-0.3, -0.25) is 0 Å². The molecule has 0 atom stereocenters. The second kappa shape index (κ2) is 18.0. The Bertz CT molecular complexity index is 780. The monoisotopic (exact) mass is 543 g/mol. The van der Waals surface area contributed by atoms with Crippen LogP contribution in [0.3, 0.4) is 0 Å². The van der Waals surface area contributed by atoms with Crippen molar-refractivity contribution in [3.63, 3.8) is 0 Å². The molecule has 0 bridgehead atoms. The van der Waals surface area contributed by atoms with Gasteiger partial charge in [-0.25, -0.2) is 9.97 Å². The molecule has 0 saturated carbocycles. The van der Waals surface area contributed by atoms with Gasteiger partial charge >= 0.3 is 0 Å². The average molecular weight is 544 g/mol. The predicted octanol–water partition coefficient (Wildman–Crippen LogP) is 5.15. The molecule has 0 N–H and O–H groups in total. The van der Waals surface area contributed by atoms with Crippen molar-refractivity contribution >= 4 is 34.2 Å². The lowest BCUT2D eigenvalue weighted by molar-refractivity contribution is -0.117. The number of nitrogens with zero attached hydrogens (tertiary/aromatic N) is 5. The summed E-state index contributed by atoms with van der Waals surface area (Å²) in [6.07, 6.45) is 6.29. The fourth-order valence-electron chi connectivity index (χ4n) is 3.26. The smallest absolute Gasteiger partial charge is 0.187 e. The Morgan fingerprint density at radius 1 is 1.00 bits per heavy atom. The number of thioether (sulfide) groups is 1. The van der Waals surface area contributed by atoms with E-state index in [4.69, 9.17) is 23.9 Å². The second-order valence-electron chi connectivity index (χ2n) is 9.42. The minimum Gasteiger partial charge on any atom is -0.455 e. The molecule has 0 aliphatic rings. The van der Waals surface area contributed by atoms with E-state index in [-0.39, 0.29) is 5.78 Å². The van der Waals surface area contributed by atoms with E-state index in [0.717, 1.165) is 35.0 Å². The summed E-state index contributed by atoms with van der Waals surface area (Å²) in [4.78, 5) is 22.7. The number of carbonyl (C=O) groups is 1. The van der Waals surface area contributed by atoms with E-state index in [1.54, 1.807) is 31.1 Å². The maximum absolute atomic E-state index is 11.1. The summed E-state index contributed by atoms with van der Waals surface area (Å²) < 4.78 is 22.9. The van der Waals surface area contributed by atoms with Gasteiger partial charge < -0.3 is 23.1 Å². The van der Waals surface area contributed by atoms with Gasteiger partial charge in [0.25, 0.3) is 0 Å². The molecule has 13 heteroatoms. The van der Waals surface area contributed by atoms with Crippen LogP contribution in [0.25, 0.3) is 10.4 Å². The van der Waals surface area contributed by atoms with E-state index in [2.05, 4.69) is 46.2 Å². The summed E-state index contributed by atoms with van der Waals surface area (Å²) in [5, 5.41) is 5.04. The third kappa shape index (κ3) is 17.7. The van der Waals surface area contributed by atoms with Gasteiger partial charge in [-0.15, -0.1) is 0 Å². The van der Waals surface area contributed by atoms with Gasteiger partial charge in [0.2, 0.25) is 0 Å². The van der Waals surface area contributed by atoms with Crippen molar-refractivity contribution in [3.8, 4) is 0 Å². The highest BCUT2D eigenvalue weighted by atomic mass is 32.2. The summed E-state index contributed by atoms with van der Waals surface area (Å²) in [5.74, 6) is 0.265. The first kappa shape index (κ1) is 31.7. The number of aromatic nitrogens is 2. The van der Waals surface area contributed by atoms with Crippen molar-refractivity contribution in [2.75, 3.05) is 45.0 Å². The molecule has 0 fully saturated rings. The van der Waals surface area contributed by atoms with E-state index in [9.17, 15) is 4.79 Å². The van der Waals surface area contributed by atoms with Crippen molar-refractivity contribution < 1.29 is 23.1 Å². The third-order valence-corrected chi connectivity index (χ3v) is 14.6. The van der Waals surface area contributed by atoms with E-state index in [1.807, 2.05) is 0 Å². The first-order valence-electron chi connectivity index (χ1n) is 12.0. The molecule has 10 nitrogen and oxygen atoms in total. The number of Topliss-reactive ketones (excluding diaryl/α,β-unsaturated/α-hetero) is 1. The number of hydrogen-bond donors (Lipinski definition) is 0. The van der Waals surface area contributed by atoms with E-state index in [0.29, 0.717) is 52.6 Å². The second-order valence-corrected chi connectivity index (χ2v) is 19.6. The van der Waals surface area contributed by atoms with Crippen LogP contribution in [0.1, 0.15) is 31.7 Å². The summed E-state index contributed by atoms with van der Waals surface area (Å²) >= 11 is 1.65. The highest BCUT2D eigenvalue weighted by Crippen LogP contribution is 2.25. The zero-order chi connectivity index (χ0) is 26.0. The van der Waals surface area contributed by atoms with E-state index < -0.39 is 16.6 Å². The topological polar surface area (TPSA) is 129 Å². The summed E-state index contributed by atoms with van der Waals surface area (Å²) in [6, 6.07) is 1.09. The molecule has 0 unspecified atom stereocenters. The van der Waals surface area contributed by atoms with Crippen LogP contribution < -0.4 is 0 Å². The highest BCUT2D eigenvalue weighted by Gasteiger charge is 2.33. The van der Waals surface area contributed by atoms with Crippen LogP contribution in [0.2, 0.25) is 32.2 Å². The van der Waals surface area contributed by atoms with Crippen molar-refractivity contribution in [1.82, 2.24) is 9.97 Å². The van der Waals surface area contributed by atoms with Crippen LogP contribution in [-0.2, 0) is 29.7 Å². The zero-order valence-electron chi connectivity index (χ0n) is 21.8. The zero-order valence-corrected chi connectivity index (χ0v) is 24.6. The van der Waals surface area contributed by atoms with Crippen LogP contribution in [0.4, 0.5) is 0 Å². The number of azide groups is 1. The fourth-order valence-corrected chi connectivity index (χ4v) is 13.7. The molecular weight excluding hydrogens is 503 g/mol. The molecule has 1 heterocycles. The van der Waals surface area contributed by atoms with Crippen LogP contribution in [0.15, 0.2) is 22.7 Å². The Hall–Kier alpha value is -1.32. The number of carbonyl (C=O) groups excluding carboxylic acids is 1. The molecule has 0 radical (unpaired) electrons. The van der Waals surface area contributed by atoms with Gasteiger partial charge in [0.05, 0.1) is 39.6 Å². The lowest BCUT2D eigenvalue weighted by Gasteiger charge is -2.33. The lowest BCUT2D eigenvalue weighted by Crippen LogP contribution is -2.46. The van der Waals surface area contributed by atoms with Gasteiger partial charge in [0, 0.05) is 41.2 Å². The van der Waals surface area contributed by atoms with Crippen LogP contribution in [-0.4, -0.2) is 77.3 Å². The van der Waals surface area contributed by atoms with Crippen molar-refractivity contribution in [2.24, 2.45) is 5.11 Å². The SMILES string of the molecule is CC(=O)CCCC[Si](C)(C)O[Si](C)(C)CSc1ncc(COCCOCCOCCN=[N+]=[N-])cn1. The summed E-state index contributed by atoms with van der Waals surface area (Å²) in [7, 11) is -3.60. The quantitative estimate of drug-likeness (QED) is 0.0396. The molecular formula is C22H41N5O5SSi2. The van der Waals surface area contributed by atoms with Crippen molar-refractivity contribution in [1.29, 1.82) is 0 Å². The van der Waals surface area contributed by atoms with Crippen LogP contribution in [0, 0.1) is 0 Å². The molecule has 1 rings (SSSR count). The Balaban J connectivity index is 2.21. The minimum atomic E-state index is -1.85. The first-order chi connectivity index (χ1) is 16.6.